The van der Waals surface area contributed by atoms with E-state index in [1.807, 2.05) is 47.5 Å². The van der Waals surface area contributed by atoms with Crippen molar-refractivity contribution in [2.45, 2.75) is 18.9 Å². The number of carboxylic acid groups (broad SMARTS) is 2. The van der Waals surface area contributed by atoms with Crippen LogP contribution in [0, 0.1) is 0 Å². The SMILES string of the molecule is O=C(O)C(F)(F)F.O=C(O)C(F)(F)F.O=C(c1nccc2ccccc12)N1CCN(Cc2cccnc2)CC1. The van der Waals surface area contributed by atoms with Crippen LogP contribution < -0.4 is 0 Å². The van der Waals surface area contributed by atoms with Gasteiger partial charge in [0.15, 0.2) is 0 Å². The fourth-order valence-corrected chi connectivity index (χ4v) is 3.30. The minimum atomic E-state index is -5.08. The molecule has 3 heterocycles. The van der Waals surface area contributed by atoms with Crippen molar-refractivity contribution in [2.24, 2.45) is 0 Å². The number of hydrogen-bond acceptors (Lipinski definition) is 6. The van der Waals surface area contributed by atoms with Crippen molar-refractivity contribution < 1.29 is 50.9 Å². The number of halogens is 6. The van der Waals surface area contributed by atoms with Crippen LogP contribution in [0.4, 0.5) is 26.3 Å². The molecule has 0 spiro atoms. The van der Waals surface area contributed by atoms with Gasteiger partial charge in [-0.25, -0.2) is 9.59 Å². The number of carboxylic acids is 2. The minimum absolute atomic E-state index is 0.0258. The number of amides is 1. The predicted octanol–water partition coefficient (Wildman–Crippen LogP) is 3.85. The van der Waals surface area contributed by atoms with Gasteiger partial charge < -0.3 is 15.1 Å². The highest BCUT2D eigenvalue weighted by Crippen LogP contribution is 2.19. The molecule has 210 valence electrons. The summed E-state index contributed by atoms with van der Waals surface area (Å²) in [5.41, 5.74) is 1.76. The number of benzene rings is 1. The van der Waals surface area contributed by atoms with Gasteiger partial charge in [0.1, 0.15) is 5.69 Å². The van der Waals surface area contributed by atoms with Crippen LogP contribution in [0.2, 0.25) is 0 Å². The number of carbonyl (C=O) groups excluding carboxylic acids is 1. The number of aromatic nitrogens is 2. The molecule has 2 N–H and O–H groups in total. The number of fused-ring (bicyclic) bond motifs is 1. The number of piperazine rings is 1. The van der Waals surface area contributed by atoms with Gasteiger partial charge in [-0.2, -0.15) is 26.3 Å². The molecule has 1 aliphatic heterocycles. The highest BCUT2D eigenvalue weighted by molar-refractivity contribution is 6.05. The van der Waals surface area contributed by atoms with Crippen LogP contribution in [0.25, 0.3) is 10.8 Å². The van der Waals surface area contributed by atoms with Gasteiger partial charge in [-0.1, -0.05) is 30.3 Å². The lowest BCUT2D eigenvalue weighted by atomic mass is 10.1. The van der Waals surface area contributed by atoms with Crippen LogP contribution in [0.3, 0.4) is 0 Å². The summed E-state index contributed by atoms with van der Waals surface area (Å²) in [5.74, 6) is -5.49. The Morgan fingerprint density at radius 1 is 0.795 bits per heavy atom. The molecule has 15 heteroatoms. The van der Waals surface area contributed by atoms with E-state index in [1.165, 1.54) is 5.56 Å². The van der Waals surface area contributed by atoms with E-state index in [-0.39, 0.29) is 5.91 Å². The quantitative estimate of drug-likeness (QED) is 0.463. The highest BCUT2D eigenvalue weighted by Gasteiger charge is 2.38. The summed E-state index contributed by atoms with van der Waals surface area (Å²) in [7, 11) is 0. The van der Waals surface area contributed by atoms with Gasteiger partial charge in [-0.3, -0.25) is 19.7 Å². The lowest BCUT2D eigenvalue weighted by Crippen LogP contribution is -2.48. The number of carbonyl (C=O) groups is 3. The van der Waals surface area contributed by atoms with E-state index in [4.69, 9.17) is 19.8 Å². The third-order valence-electron chi connectivity index (χ3n) is 5.15. The van der Waals surface area contributed by atoms with Crippen molar-refractivity contribution in [1.29, 1.82) is 0 Å². The molecular weight excluding hydrogens is 538 g/mol. The summed E-state index contributed by atoms with van der Waals surface area (Å²) >= 11 is 0. The first-order valence-corrected chi connectivity index (χ1v) is 11.0. The van der Waals surface area contributed by atoms with Crippen LogP contribution in [-0.2, 0) is 16.1 Å². The molecule has 0 radical (unpaired) electrons. The molecule has 3 aromatic rings. The van der Waals surface area contributed by atoms with Crippen molar-refractivity contribution in [3.05, 3.63) is 72.3 Å². The van der Waals surface area contributed by atoms with Crippen LogP contribution in [0.1, 0.15) is 16.1 Å². The molecule has 1 aromatic carbocycles. The molecule has 1 fully saturated rings. The predicted molar refractivity (Wildman–Crippen MR) is 125 cm³/mol. The first-order valence-electron chi connectivity index (χ1n) is 11.0. The molecule has 4 rings (SSSR count). The van der Waals surface area contributed by atoms with Crippen molar-refractivity contribution in [3.63, 3.8) is 0 Å². The Labute approximate surface area is 217 Å². The van der Waals surface area contributed by atoms with Crippen LogP contribution in [0.15, 0.2) is 61.1 Å². The molecular formula is C24H22F6N4O5. The van der Waals surface area contributed by atoms with E-state index in [1.54, 1.807) is 12.4 Å². The molecule has 0 aliphatic carbocycles. The summed E-state index contributed by atoms with van der Waals surface area (Å²) in [5, 5.41) is 16.2. The maximum absolute atomic E-state index is 12.9. The molecule has 0 bridgehead atoms. The largest absolute Gasteiger partial charge is 0.490 e. The Balaban J connectivity index is 0.000000317. The molecule has 0 saturated carbocycles. The maximum Gasteiger partial charge on any atom is 0.490 e. The van der Waals surface area contributed by atoms with E-state index >= 15 is 0 Å². The normalized spacial score (nSPS) is 13.9. The minimum Gasteiger partial charge on any atom is -0.475 e. The van der Waals surface area contributed by atoms with Gasteiger partial charge in [0.2, 0.25) is 0 Å². The third-order valence-corrected chi connectivity index (χ3v) is 5.15. The first-order chi connectivity index (χ1) is 18.2. The Bertz CT molecular complexity index is 1230. The summed E-state index contributed by atoms with van der Waals surface area (Å²) in [4.78, 5) is 43.5. The second-order valence-corrected chi connectivity index (χ2v) is 7.92. The Hall–Kier alpha value is -4.27. The first kappa shape index (κ1) is 31.0. The van der Waals surface area contributed by atoms with Crippen molar-refractivity contribution >= 4 is 28.6 Å². The average molecular weight is 560 g/mol. The Morgan fingerprint density at radius 2 is 1.36 bits per heavy atom. The van der Waals surface area contributed by atoms with Gasteiger partial charge >= 0.3 is 24.3 Å². The van der Waals surface area contributed by atoms with Gasteiger partial charge in [-0.15, -0.1) is 0 Å². The van der Waals surface area contributed by atoms with Crippen LogP contribution in [0.5, 0.6) is 0 Å². The summed E-state index contributed by atoms with van der Waals surface area (Å²) < 4.78 is 63.5. The second kappa shape index (κ2) is 13.5. The topological polar surface area (TPSA) is 124 Å². The van der Waals surface area contributed by atoms with E-state index in [0.29, 0.717) is 5.69 Å². The molecule has 0 unspecified atom stereocenters. The zero-order chi connectivity index (χ0) is 29.2. The van der Waals surface area contributed by atoms with Crippen molar-refractivity contribution in [1.82, 2.24) is 19.8 Å². The lowest BCUT2D eigenvalue weighted by Gasteiger charge is -2.34. The van der Waals surface area contributed by atoms with E-state index in [0.717, 1.165) is 43.5 Å². The van der Waals surface area contributed by atoms with Gasteiger partial charge in [0, 0.05) is 56.7 Å². The Kier molecular flexibility index (Phi) is 10.7. The number of rotatable bonds is 3. The maximum atomic E-state index is 12.9. The number of nitrogens with zero attached hydrogens (tertiary/aromatic N) is 4. The van der Waals surface area contributed by atoms with E-state index in [2.05, 4.69) is 20.9 Å². The highest BCUT2D eigenvalue weighted by atomic mass is 19.4. The van der Waals surface area contributed by atoms with Gasteiger partial charge in [0.05, 0.1) is 0 Å². The monoisotopic (exact) mass is 560 g/mol. The summed E-state index contributed by atoms with van der Waals surface area (Å²) in [6, 6.07) is 13.9. The van der Waals surface area contributed by atoms with Crippen LogP contribution in [-0.4, -0.2) is 86.4 Å². The summed E-state index contributed by atoms with van der Waals surface area (Å²) in [6.45, 7) is 4.06. The number of pyridine rings is 2. The van der Waals surface area contributed by atoms with Crippen molar-refractivity contribution in [3.8, 4) is 0 Å². The lowest BCUT2D eigenvalue weighted by molar-refractivity contribution is -0.193. The van der Waals surface area contributed by atoms with E-state index < -0.39 is 24.3 Å². The van der Waals surface area contributed by atoms with Crippen LogP contribution >= 0.6 is 0 Å². The standard InChI is InChI=1S/C20H20N4O.2C2HF3O2/c25-20(19-18-6-2-1-5-17(18)7-9-22-19)24-12-10-23(11-13-24)15-16-4-3-8-21-14-16;2*3-2(4,5)1(6)7/h1-9,14H,10-13,15H2;2*(H,6,7). The smallest absolute Gasteiger partial charge is 0.475 e. The molecule has 39 heavy (non-hydrogen) atoms. The zero-order valence-corrected chi connectivity index (χ0v) is 20.0. The number of aliphatic carboxylic acids is 2. The van der Waals surface area contributed by atoms with E-state index in [9.17, 15) is 31.1 Å². The fourth-order valence-electron chi connectivity index (χ4n) is 3.30. The molecule has 2 aromatic heterocycles. The summed E-state index contributed by atoms with van der Waals surface area (Å²) in [6.07, 6.45) is -4.76. The van der Waals surface area contributed by atoms with Gasteiger partial charge in [0.25, 0.3) is 5.91 Å². The third kappa shape index (κ3) is 9.85. The van der Waals surface area contributed by atoms with Gasteiger partial charge in [-0.05, 0) is 23.1 Å². The number of hydrogen-bond donors (Lipinski definition) is 2. The molecule has 1 aliphatic rings. The molecule has 0 atom stereocenters. The second-order valence-electron chi connectivity index (χ2n) is 7.92. The average Bonchev–Trinajstić information content (AvgIpc) is 2.88. The number of alkyl halides is 6. The molecule has 1 saturated heterocycles. The van der Waals surface area contributed by atoms with Crippen molar-refractivity contribution in [2.75, 3.05) is 26.2 Å². The fraction of sp³-hybridized carbons (Fsp3) is 0.292. The zero-order valence-electron chi connectivity index (χ0n) is 20.0. The Morgan fingerprint density at radius 3 is 1.87 bits per heavy atom. The molecule has 1 amide bonds. The molecule has 9 nitrogen and oxygen atoms in total.